The normalized spacial score (nSPS) is 10.4. The molecule has 0 aliphatic heterocycles. The summed E-state index contributed by atoms with van der Waals surface area (Å²) in [5.41, 5.74) is 0.835. The van der Waals surface area contributed by atoms with Crippen LogP contribution in [0.4, 0.5) is 4.79 Å². The average molecular weight is 416 g/mol. The van der Waals surface area contributed by atoms with E-state index in [1.807, 2.05) is 41.8 Å². The van der Waals surface area contributed by atoms with Gasteiger partial charge in [-0.15, -0.1) is 11.3 Å². The lowest BCUT2D eigenvalue weighted by atomic mass is 10.2. The van der Waals surface area contributed by atoms with Crippen molar-refractivity contribution in [2.75, 3.05) is 21.3 Å². The van der Waals surface area contributed by atoms with Gasteiger partial charge in [-0.05, 0) is 41.3 Å². The summed E-state index contributed by atoms with van der Waals surface area (Å²) in [6.07, 6.45) is 1.60. The van der Waals surface area contributed by atoms with Crippen molar-refractivity contribution in [3.63, 3.8) is 0 Å². The second-order valence-corrected chi connectivity index (χ2v) is 7.24. The quantitative estimate of drug-likeness (QED) is 0.564. The van der Waals surface area contributed by atoms with E-state index >= 15 is 0 Å². The van der Waals surface area contributed by atoms with Crippen LogP contribution in [0, 0.1) is 0 Å². The Morgan fingerprint density at radius 2 is 1.83 bits per heavy atom. The zero-order valence-electron chi connectivity index (χ0n) is 16.6. The molecule has 1 aromatic carbocycles. The third kappa shape index (κ3) is 5.23. The van der Waals surface area contributed by atoms with Gasteiger partial charge in [0.25, 0.3) is 0 Å². The van der Waals surface area contributed by atoms with Gasteiger partial charge in [0, 0.05) is 11.4 Å². The van der Waals surface area contributed by atoms with E-state index in [1.54, 1.807) is 43.8 Å². The first kappa shape index (κ1) is 20.6. The molecule has 3 aromatic rings. The predicted octanol–water partition coefficient (Wildman–Crippen LogP) is 4.28. The Balaban J connectivity index is 1.72. The molecule has 0 atom stereocenters. The van der Waals surface area contributed by atoms with Gasteiger partial charge in [0.1, 0.15) is 5.76 Å². The number of hydrogen-bond donors (Lipinski definition) is 1. The van der Waals surface area contributed by atoms with E-state index in [1.165, 1.54) is 0 Å². The highest BCUT2D eigenvalue weighted by atomic mass is 32.1. The van der Waals surface area contributed by atoms with Gasteiger partial charge in [-0.3, -0.25) is 0 Å². The van der Waals surface area contributed by atoms with Gasteiger partial charge in [0.2, 0.25) is 5.75 Å². The molecule has 8 heteroatoms. The minimum atomic E-state index is -0.191. The van der Waals surface area contributed by atoms with Crippen molar-refractivity contribution in [1.29, 1.82) is 0 Å². The summed E-state index contributed by atoms with van der Waals surface area (Å²) in [5.74, 6) is 2.33. The molecule has 2 amide bonds. The number of thiophene rings is 1. The number of rotatable bonds is 9. The molecule has 0 bridgehead atoms. The average Bonchev–Trinajstić information content (AvgIpc) is 3.44. The highest BCUT2D eigenvalue weighted by Crippen LogP contribution is 2.38. The molecule has 2 aromatic heterocycles. The molecule has 0 fully saturated rings. The molecule has 7 nitrogen and oxygen atoms in total. The van der Waals surface area contributed by atoms with Crippen molar-refractivity contribution < 1.29 is 23.4 Å². The van der Waals surface area contributed by atoms with E-state index in [9.17, 15) is 4.79 Å². The maximum absolute atomic E-state index is 12.9. The fraction of sp³-hybridized carbons (Fsp3) is 0.286. The molecule has 0 saturated heterocycles. The number of benzene rings is 1. The van der Waals surface area contributed by atoms with E-state index in [0.29, 0.717) is 36.9 Å². The molecular weight excluding hydrogens is 392 g/mol. The Kier molecular flexibility index (Phi) is 7.02. The molecule has 0 aliphatic rings. The number of amides is 2. The van der Waals surface area contributed by atoms with E-state index < -0.39 is 0 Å². The van der Waals surface area contributed by atoms with Crippen molar-refractivity contribution in [2.24, 2.45) is 0 Å². The van der Waals surface area contributed by atoms with Gasteiger partial charge in [-0.2, -0.15) is 0 Å². The Morgan fingerprint density at radius 1 is 1.07 bits per heavy atom. The first-order valence-electron chi connectivity index (χ1n) is 9.01. The van der Waals surface area contributed by atoms with Gasteiger partial charge in [-0.1, -0.05) is 6.07 Å². The van der Waals surface area contributed by atoms with Crippen LogP contribution in [0.15, 0.2) is 52.5 Å². The number of nitrogens with zero attached hydrogens (tertiary/aromatic N) is 1. The summed E-state index contributed by atoms with van der Waals surface area (Å²) in [6, 6.07) is 11.1. The summed E-state index contributed by atoms with van der Waals surface area (Å²) in [5, 5.41) is 4.96. The third-order valence-electron chi connectivity index (χ3n) is 4.31. The predicted molar refractivity (Wildman–Crippen MR) is 111 cm³/mol. The Morgan fingerprint density at radius 3 is 2.38 bits per heavy atom. The van der Waals surface area contributed by atoms with Crippen LogP contribution in [0.3, 0.4) is 0 Å². The van der Waals surface area contributed by atoms with Gasteiger partial charge < -0.3 is 28.8 Å². The molecular formula is C21H24N2O5S. The molecule has 2 heterocycles. The standard InChI is InChI=1S/C21H24N2O5S/c1-25-18-10-15(11-19(26-2)20(18)27-3)12-22-21(24)23(13-16-6-4-8-28-16)14-17-7-5-9-29-17/h4-11H,12-14H2,1-3H3,(H,22,24). The molecule has 0 radical (unpaired) electrons. The van der Waals surface area contributed by atoms with Gasteiger partial charge in [0.05, 0.1) is 40.7 Å². The zero-order chi connectivity index (χ0) is 20.6. The van der Waals surface area contributed by atoms with Crippen LogP contribution < -0.4 is 19.5 Å². The first-order chi connectivity index (χ1) is 14.1. The maximum Gasteiger partial charge on any atom is 0.318 e. The number of nitrogens with one attached hydrogen (secondary N) is 1. The van der Waals surface area contributed by atoms with E-state index in [4.69, 9.17) is 18.6 Å². The lowest BCUT2D eigenvalue weighted by Gasteiger charge is -2.22. The van der Waals surface area contributed by atoms with Gasteiger partial charge >= 0.3 is 6.03 Å². The van der Waals surface area contributed by atoms with Crippen LogP contribution in [0.2, 0.25) is 0 Å². The van der Waals surface area contributed by atoms with E-state index in [-0.39, 0.29) is 6.03 Å². The Bertz CT molecular complexity index is 848. The van der Waals surface area contributed by atoms with Gasteiger partial charge in [0.15, 0.2) is 11.5 Å². The molecule has 29 heavy (non-hydrogen) atoms. The number of hydrogen-bond acceptors (Lipinski definition) is 6. The SMILES string of the molecule is COc1cc(CNC(=O)N(Cc2ccco2)Cc2cccs2)cc(OC)c1OC. The molecule has 3 rings (SSSR count). The fourth-order valence-corrected chi connectivity index (χ4v) is 3.63. The number of furan rings is 1. The third-order valence-corrected chi connectivity index (χ3v) is 5.17. The Labute approximate surface area is 173 Å². The van der Waals surface area contributed by atoms with Crippen LogP contribution in [-0.4, -0.2) is 32.3 Å². The number of urea groups is 1. The molecule has 0 aliphatic carbocycles. The summed E-state index contributed by atoms with van der Waals surface area (Å²) < 4.78 is 21.5. The lowest BCUT2D eigenvalue weighted by molar-refractivity contribution is 0.187. The molecule has 1 N–H and O–H groups in total. The van der Waals surface area contributed by atoms with Crippen molar-refractivity contribution in [2.45, 2.75) is 19.6 Å². The fourth-order valence-electron chi connectivity index (χ4n) is 2.91. The maximum atomic E-state index is 12.9. The van der Waals surface area contributed by atoms with Crippen molar-refractivity contribution in [3.05, 3.63) is 64.2 Å². The summed E-state index contributed by atoms with van der Waals surface area (Å²) >= 11 is 1.61. The number of methoxy groups -OCH3 is 3. The van der Waals surface area contributed by atoms with Crippen molar-refractivity contribution >= 4 is 17.4 Å². The van der Waals surface area contributed by atoms with Crippen LogP contribution in [0.25, 0.3) is 0 Å². The molecule has 0 spiro atoms. The van der Waals surface area contributed by atoms with Crippen molar-refractivity contribution in [1.82, 2.24) is 10.2 Å². The number of ether oxygens (including phenoxy) is 3. The number of carbonyl (C=O) groups is 1. The van der Waals surface area contributed by atoms with E-state index in [2.05, 4.69) is 5.32 Å². The molecule has 0 unspecified atom stereocenters. The molecule has 154 valence electrons. The highest BCUT2D eigenvalue weighted by molar-refractivity contribution is 7.09. The summed E-state index contributed by atoms with van der Waals surface area (Å²) in [6.45, 7) is 1.19. The zero-order valence-corrected chi connectivity index (χ0v) is 17.5. The second-order valence-electron chi connectivity index (χ2n) is 6.21. The smallest absolute Gasteiger partial charge is 0.318 e. The lowest BCUT2D eigenvalue weighted by Crippen LogP contribution is -2.38. The topological polar surface area (TPSA) is 73.2 Å². The minimum absolute atomic E-state index is 0.191. The Hall–Kier alpha value is -3.13. The van der Waals surface area contributed by atoms with E-state index in [0.717, 1.165) is 16.2 Å². The monoisotopic (exact) mass is 416 g/mol. The summed E-state index contributed by atoms with van der Waals surface area (Å²) in [4.78, 5) is 15.7. The van der Waals surface area contributed by atoms with Crippen LogP contribution in [-0.2, 0) is 19.6 Å². The van der Waals surface area contributed by atoms with Crippen LogP contribution in [0.1, 0.15) is 16.2 Å². The highest BCUT2D eigenvalue weighted by Gasteiger charge is 2.18. The molecule has 0 saturated carbocycles. The van der Waals surface area contributed by atoms with Crippen molar-refractivity contribution in [3.8, 4) is 17.2 Å². The summed E-state index contributed by atoms with van der Waals surface area (Å²) in [7, 11) is 4.68. The van der Waals surface area contributed by atoms with Crippen LogP contribution in [0.5, 0.6) is 17.2 Å². The largest absolute Gasteiger partial charge is 0.493 e. The van der Waals surface area contributed by atoms with Gasteiger partial charge in [-0.25, -0.2) is 4.79 Å². The minimum Gasteiger partial charge on any atom is -0.493 e. The second kappa shape index (κ2) is 9.88. The van der Waals surface area contributed by atoms with Crippen LogP contribution >= 0.6 is 11.3 Å². The number of carbonyl (C=O) groups excluding carboxylic acids is 1. The first-order valence-corrected chi connectivity index (χ1v) is 9.89.